The number of rotatable bonds is 6. The van der Waals surface area contributed by atoms with Crippen LogP contribution in [-0.2, 0) is 0 Å². The van der Waals surface area contributed by atoms with Crippen molar-refractivity contribution in [3.05, 3.63) is 58.1 Å². The molecule has 0 heterocycles. The number of nitro groups is 1. The fraction of sp³-hybridized carbons (Fsp3) is 0.294. The Morgan fingerprint density at radius 3 is 2.12 bits per heavy atom. The van der Waals surface area contributed by atoms with Crippen LogP contribution in [0.15, 0.2) is 52.7 Å². The van der Waals surface area contributed by atoms with Gasteiger partial charge in [-0.05, 0) is 56.7 Å². The number of hydrogen-bond acceptors (Lipinski definition) is 7. The number of aryl methyl sites for hydroxylation is 1. The number of non-ortho nitro benzene ring substituents is 1. The van der Waals surface area contributed by atoms with Crippen molar-refractivity contribution in [3.8, 4) is 0 Å². The SMILES string of the molecule is Cc1cc(N(C(C)O)C(C)O)ccc1/N=N/c1ccc([N+](=O)[O-])cc1. The Kier molecular flexibility index (Phi) is 5.79. The molecule has 0 radical (unpaired) electrons. The molecule has 2 rings (SSSR count). The lowest BCUT2D eigenvalue weighted by molar-refractivity contribution is -0.384. The molecule has 2 aromatic rings. The van der Waals surface area contributed by atoms with Crippen molar-refractivity contribution in [2.75, 3.05) is 4.90 Å². The first kappa shape index (κ1) is 18.5. The molecule has 25 heavy (non-hydrogen) atoms. The van der Waals surface area contributed by atoms with Gasteiger partial charge in [-0.2, -0.15) is 10.2 Å². The van der Waals surface area contributed by atoms with E-state index in [1.807, 2.05) is 6.92 Å². The van der Waals surface area contributed by atoms with Crippen LogP contribution in [0.1, 0.15) is 19.4 Å². The van der Waals surface area contributed by atoms with E-state index < -0.39 is 17.4 Å². The molecule has 0 amide bonds. The maximum absolute atomic E-state index is 10.6. The lowest BCUT2D eigenvalue weighted by Crippen LogP contribution is -2.40. The van der Waals surface area contributed by atoms with Crippen molar-refractivity contribution in [2.24, 2.45) is 10.2 Å². The zero-order chi connectivity index (χ0) is 18.6. The van der Waals surface area contributed by atoms with Crippen LogP contribution in [0.25, 0.3) is 0 Å². The summed E-state index contributed by atoms with van der Waals surface area (Å²) < 4.78 is 0. The van der Waals surface area contributed by atoms with Crippen molar-refractivity contribution in [2.45, 2.75) is 33.2 Å². The second-order valence-corrected chi connectivity index (χ2v) is 5.62. The third-order valence-corrected chi connectivity index (χ3v) is 3.62. The predicted molar refractivity (Wildman–Crippen MR) is 94.3 cm³/mol. The first-order valence-electron chi connectivity index (χ1n) is 7.71. The highest BCUT2D eigenvalue weighted by Crippen LogP contribution is 2.28. The Bertz CT molecular complexity index is 765. The highest BCUT2D eigenvalue weighted by atomic mass is 16.6. The molecule has 0 aliphatic rings. The van der Waals surface area contributed by atoms with Gasteiger partial charge in [0.2, 0.25) is 0 Å². The first-order valence-corrected chi connectivity index (χ1v) is 7.71. The fourth-order valence-corrected chi connectivity index (χ4v) is 2.41. The van der Waals surface area contributed by atoms with Gasteiger partial charge in [-0.25, -0.2) is 0 Å². The van der Waals surface area contributed by atoms with E-state index in [2.05, 4.69) is 10.2 Å². The number of nitro benzene ring substituents is 1. The van der Waals surface area contributed by atoms with Crippen molar-refractivity contribution in [3.63, 3.8) is 0 Å². The van der Waals surface area contributed by atoms with Gasteiger partial charge in [-0.3, -0.25) is 10.1 Å². The number of aliphatic hydroxyl groups is 2. The summed E-state index contributed by atoms with van der Waals surface area (Å²) in [5.74, 6) is 0. The van der Waals surface area contributed by atoms with Crippen LogP contribution < -0.4 is 4.90 Å². The van der Waals surface area contributed by atoms with Gasteiger partial charge in [0.1, 0.15) is 12.5 Å². The predicted octanol–water partition coefficient (Wildman–Crippen LogP) is 3.80. The van der Waals surface area contributed by atoms with Crippen LogP contribution in [0.4, 0.5) is 22.7 Å². The van der Waals surface area contributed by atoms with E-state index in [9.17, 15) is 20.3 Å². The minimum atomic E-state index is -0.841. The average Bonchev–Trinajstić information content (AvgIpc) is 2.53. The van der Waals surface area contributed by atoms with Gasteiger partial charge in [-0.15, -0.1) is 0 Å². The normalized spacial score (nSPS) is 13.6. The summed E-state index contributed by atoms with van der Waals surface area (Å²) in [7, 11) is 0. The standard InChI is InChI=1S/C17H20N4O4/c1-11-10-16(20(12(2)22)13(3)23)8-9-17(11)19-18-14-4-6-15(7-5-14)21(24)25/h4-10,12-13,22-23H,1-3H3/b19-18+. The fourth-order valence-electron chi connectivity index (χ4n) is 2.41. The van der Waals surface area contributed by atoms with Gasteiger partial charge >= 0.3 is 0 Å². The van der Waals surface area contributed by atoms with E-state index >= 15 is 0 Å². The zero-order valence-electron chi connectivity index (χ0n) is 14.2. The molecule has 0 bridgehead atoms. The second-order valence-electron chi connectivity index (χ2n) is 5.62. The maximum Gasteiger partial charge on any atom is 0.269 e. The molecule has 132 valence electrons. The third-order valence-electron chi connectivity index (χ3n) is 3.62. The van der Waals surface area contributed by atoms with Crippen LogP contribution in [0, 0.1) is 17.0 Å². The van der Waals surface area contributed by atoms with E-state index in [4.69, 9.17) is 0 Å². The summed E-state index contributed by atoms with van der Waals surface area (Å²) in [6.07, 6.45) is -1.68. The molecule has 0 saturated carbocycles. The third kappa shape index (κ3) is 4.59. The number of nitrogens with zero attached hydrogens (tertiary/aromatic N) is 4. The Hall–Kier alpha value is -2.84. The molecule has 2 N–H and O–H groups in total. The largest absolute Gasteiger partial charge is 0.374 e. The molecule has 0 aliphatic carbocycles. The Morgan fingerprint density at radius 2 is 1.64 bits per heavy atom. The first-order chi connectivity index (χ1) is 11.8. The van der Waals surface area contributed by atoms with Crippen LogP contribution in [-0.4, -0.2) is 27.6 Å². The molecule has 0 saturated heterocycles. The molecule has 8 heteroatoms. The van der Waals surface area contributed by atoms with E-state index in [-0.39, 0.29) is 5.69 Å². The molecular weight excluding hydrogens is 324 g/mol. The van der Waals surface area contributed by atoms with Crippen molar-refractivity contribution in [1.29, 1.82) is 0 Å². The molecule has 8 nitrogen and oxygen atoms in total. The summed E-state index contributed by atoms with van der Waals surface area (Å²) in [6, 6.07) is 11.0. The van der Waals surface area contributed by atoms with E-state index in [1.165, 1.54) is 29.2 Å². The minimum absolute atomic E-state index is 0.00387. The Morgan fingerprint density at radius 1 is 1.04 bits per heavy atom. The molecule has 2 unspecified atom stereocenters. The lowest BCUT2D eigenvalue weighted by atomic mass is 10.1. The van der Waals surface area contributed by atoms with Gasteiger partial charge in [0.05, 0.1) is 16.3 Å². The van der Waals surface area contributed by atoms with Gasteiger partial charge < -0.3 is 15.1 Å². The van der Waals surface area contributed by atoms with Crippen LogP contribution in [0.3, 0.4) is 0 Å². The highest BCUT2D eigenvalue weighted by molar-refractivity contribution is 5.58. The molecule has 0 aliphatic heterocycles. The molecule has 0 spiro atoms. The second kappa shape index (κ2) is 7.82. The number of azo groups is 1. The summed E-state index contributed by atoms with van der Waals surface area (Å²) in [5.41, 5.74) is 2.60. The van der Waals surface area contributed by atoms with Crippen molar-refractivity contribution < 1.29 is 15.1 Å². The molecule has 2 aromatic carbocycles. The molecule has 2 atom stereocenters. The van der Waals surface area contributed by atoms with E-state index in [0.29, 0.717) is 17.1 Å². The van der Waals surface area contributed by atoms with Gasteiger partial charge in [0, 0.05) is 17.8 Å². The Balaban J connectivity index is 2.21. The van der Waals surface area contributed by atoms with Crippen molar-refractivity contribution >= 4 is 22.7 Å². The van der Waals surface area contributed by atoms with Crippen LogP contribution in [0.5, 0.6) is 0 Å². The summed E-state index contributed by atoms with van der Waals surface area (Å²) in [4.78, 5) is 11.6. The quantitative estimate of drug-likeness (QED) is 0.358. The minimum Gasteiger partial charge on any atom is -0.374 e. The van der Waals surface area contributed by atoms with Crippen molar-refractivity contribution in [1.82, 2.24) is 0 Å². The molecular formula is C17H20N4O4. The summed E-state index contributed by atoms with van der Waals surface area (Å²) in [5, 5.41) is 38.4. The van der Waals surface area contributed by atoms with Gasteiger partial charge in [-0.1, -0.05) is 0 Å². The van der Waals surface area contributed by atoms with Crippen LogP contribution in [0.2, 0.25) is 0 Å². The highest BCUT2D eigenvalue weighted by Gasteiger charge is 2.17. The van der Waals surface area contributed by atoms with Gasteiger partial charge in [0.15, 0.2) is 0 Å². The summed E-state index contributed by atoms with van der Waals surface area (Å²) in [6.45, 7) is 4.99. The maximum atomic E-state index is 10.6. The number of anilines is 1. The summed E-state index contributed by atoms with van der Waals surface area (Å²) >= 11 is 0. The Labute approximate surface area is 145 Å². The monoisotopic (exact) mass is 344 g/mol. The van der Waals surface area contributed by atoms with E-state index in [1.54, 1.807) is 32.0 Å². The average molecular weight is 344 g/mol. The molecule has 0 aromatic heterocycles. The molecule has 0 fully saturated rings. The van der Waals surface area contributed by atoms with Gasteiger partial charge in [0.25, 0.3) is 5.69 Å². The zero-order valence-corrected chi connectivity index (χ0v) is 14.2. The van der Waals surface area contributed by atoms with Crippen LogP contribution >= 0.6 is 0 Å². The topological polar surface area (TPSA) is 112 Å². The number of benzene rings is 2. The lowest BCUT2D eigenvalue weighted by Gasteiger charge is -2.30. The van der Waals surface area contributed by atoms with E-state index in [0.717, 1.165) is 5.56 Å². The number of aliphatic hydroxyl groups excluding tert-OH is 2. The smallest absolute Gasteiger partial charge is 0.269 e. The number of hydrogen-bond donors (Lipinski definition) is 2.